The van der Waals surface area contributed by atoms with E-state index >= 15 is 0 Å². The summed E-state index contributed by atoms with van der Waals surface area (Å²) in [6, 6.07) is 7.04. The van der Waals surface area contributed by atoms with Crippen LogP contribution in [0, 0.1) is 5.82 Å². The third-order valence-corrected chi connectivity index (χ3v) is 5.13. The number of carboxylic acids is 1. The van der Waals surface area contributed by atoms with Crippen LogP contribution in [0.4, 0.5) is 17.6 Å². The second kappa shape index (κ2) is 6.96. The highest BCUT2D eigenvalue weighted by Crippen LogP contribution is 2.37. The first-order valence-electron chi connectivity index (χ1n) is 8.23. The van der Waals surface area contributed by atoms with Gasteiger partial charge >= 0.3 is 12.1 Å². The summed E-state index contributed by atoms with van der Waals surface area (Å²) in [7, 11) is 0. The van der Waals surface area contributed by atoms with Crippen LogP contribution in [-0.4, -0.2) is 25.8 Å². The SMILES string of the molecule is O=C(O)c1cccc(Cn2cc(-c3cnc4sccc4c3)c(C(F)(F)F)n2)c1F. The van der Waals surface area contributed by atoms with Crippen LogP contribution in [0.25, 0.3) is 21.3 Å². The van der Waals surface area contributed by atoms with Crippen LogP contribution >= 0.6 is 11.3 Å². The average Bonchev–Trinajstić information content (AvgIpc) is 3.29. The number of benzene rings is 1. The van der Waals surface area contributed by atoms with Crippen molar-refractivity contribution in [2.45, 2.75) is 12.7 Å². The Bertz CT molecular complexity index is 1230. The monoisotopic (exact) mass is 421 g/mol. The summed E-state index contributed by atoms with van der Waals surface area (Å²) >= 11 is 1.37. The number of aromatic carboxylic acids is 1. The molecule has 0 atom stereocenters. The molecule has 0 spiro atoms. The minimum Gasteiger partial charge on any atom is -0.478 e. The predicted molar refractivity (Wildman–Crippen MR) is 98.3 cm³/mol. The van der Waals surface area contributed by atoms with Crippen LogP contribution < -0.4 is 0 Å². The lowest BCUT2D eigenvalue weighted by Crippen LogP contribution is -2.11. The van der Waals surface area contributed by atoms with Crippen LogP contribution in [-0.2, 0) is 12.7 Å². The van der Waals surface area contributed by atoms with Gasteiger partial charge in [0.05, 0.1) is 12.1 Å². The molecule has 3 heterocycles. The van der Waals surface area contributed by atoms with Gasteiger partial charge in [-0.3, -0.25) is 4.68 Å². The third-order valence-electron chi connectivity index (χ3n) is 4.29. The standard InChI is InChI=1S/C19H11F4N3O2S/c20-15-11(2-1-3-13(15)18(27)28)8-26-9-14(16(25-26)19(21,22)23)12-6-10-4-5-29-17(10)24-7-12/h1-7,9H,8H2,(H,27,28). The average molecular weight is 421 g/mol. The number of pyridine rings is 1. The fourth-order valence-corrected chi connectivity index (χ4v) is 3.69. The molecule has 1 aromatic carbocycles. The van der Waals surface area contributed by atoms with E-state index in [2.05, 4.69) is 10.1 Å². The molecule has 4 rings (SSSR count). The number of fused-ring (bicyclic) bond motifs is 1. The van der Waals surface area contributed by atoms with Crippen molar-refractivity contribution in [3.05, 3.63) is 70.7 Å². The molecule has 0 aliphatic carbocycles. The molecule has 0 saturated carbocycles. The Morgan fingerprint density at radius 2 is 2.03 bits per heavy atom. The van der Waals surface area contributed by atoms with E-state index in [1.54, 1.807) is 17.5 Å². The molecule has 1 N–H and O–H groups in total. The van der Waals surface area contributed by atoms with Crippen molar-refractivity contribution in [3.8, 4) is 11.1 Å². The van der Waals surface area contributed by atoms with Gasteiger partial charge in [0.15, 0.2) is 5.69 Å². The van der Waals surface area contributed by atoms with Gasteiger partial charge in [-0.2, -0.15) is 18.3 Å². The van der Waals surface area contributed by atoms with Gasteiger partial charge in [0, 0.05) is 34.5 Å². The fraction of sp³-hybridized carbons (Fsp3) is 0.105. The smallest absolute Gasteiger partial charge is 0.435 e. The van der Waals surface area contributed by atoms with E-state index in [9.17, 15) is 22.4 Å². The summed E-state index contributed by atoms with van der Waals surface area (Å²) in [4.78, 5) is 15.9. The summed E-state index contributed by atoms with van der Waals surface area (Å²) in [5, 5.41) is 15.1. The lowest BCUT2D eigenvalue weighted by Gasteiger charge is -2.06. The van der Waals surface area contributed by atoms with Gasteiger partial charge < -0.3 is 5.11 Å². The number of thiophene rings is 1. The summed E-state index contributed by atoms with van der Waals surface area (Å²) in [5.41, 5.74) is -1.72. The van der Waals surface area contributed by atoms with Crippen molar-refractivity contribution in [1.29, 1.82) is 0 Å². The molecule has 29 heavy (non-hydrogen) atoms. The number of hydrogen-bond acceptors (Lipinski definition) is 4. The normalized spacial score (nSPS) is 11.9. The Balaban J connectivity index is 1.78. The Hall–Kier alpha value is -3.27. The topological polar surface area (TPSA) is 68.0 Å². The van der Waals surface area contributed by atoms with Gasteiger partial charge in [-0.15, -0.1) is 11.3 Å². The minimum atomic E-state index is -4.73. The third kappa shape index (κ3) is 3.58. The maximum Gasteiger partial charge on any atom is 0.435 e. The van der Waals surface area contributed by atoms with E-state index in [-0.39, 0.29) is 23.2 Å². The second-order valence-corrected chi connectivity index (χ2v) is 7.10. The summed E-state index contributed by atoms with van der Waals surface area (Å²) in [5.74, 6) is -2.47. The first-order chi connectivity index (χ1) is 13.7. The van der Waals surface area contributed by atoms with Crippen molar-refractivity contribution in [2.24, 2.45) is 0 Å². The minimum absolute atomic E-state index is 0.0842. The number of hydrogen-bond donors (Lipinski definition) is 1. The molecule has 4 aromatic rings. The van der Waals surface area contributed by atoms with Crippen LogP contribution in [0.3, 0.4) is 0 Å². The van der Waals surface area contributed by atoms with E-state index in [0.717, 1.165) is 16.9 Å². The van der Waals surface area contributed by atoms with E-state index < -0.39 is 29.2 Å². The molecular formula is C19H11F4N3O2S. The van der Waals surface area contributed by atoms with Gasteiger partial charge in [-0.25, -0.2) is 14.2 Å². The summed E-state index contributed by atoms with van der Waals surface area (Å²) in [6.45, 7) is -0.357. The zero-order chi connectivity index (χ0) is 20.8. The van der Waals surface area contributed by atoms with Crippen molar-refractivity contribution in [1.82, 2.24) is 14.8 Å². The van der Waals surface area contributed by atoms with Crippen molar-refractivity contribution in [2.75, 3.05) is 0 Å². The molecule has 10 heteroatoms. The molecule has 0 saturated heterocycles. The molecule has 3 aromatic heterocycles. The molecule has 0 amide bonds. The van der Waals surface area contributed by atoms with Crippen molar-refractivity contribution < 1.29 is 27.5 Å². The number of nitrogens with zero attached hydrogens (tertiary/aromatic N) is 3. The molecular weight excluding hydrogens is 410 g/mol. The molecule has 0 unspecified atom stereocenters. The van der Waals surface area contributed by atoms with Gasteiger partial charge in [0.1, 0.15) is 10.6 Å². The molecule has 5 nitrogen and oxygen atoms in total. The molecule has 148 valence electrons. The zero-order valence-corrected chi connectivity index (χ0v) is 15.3. The van der Waals surface area contributed by atoms with E-state index in [0.29, 0.717) is 10.2 Å². The Morgan fingerprint density at radius 3 is 2.76 bits per heavy atom. The first kappa shape index (κ1) is 19.1. The molecule has 0 radical (unpaired) electrons. The van der Waals surface area contributed by atoms with Gasteiger partial charge in [-0.1, -0.05) is 12.1 Å². The number of carboxylic acid groups (broad SMARTS) is 1. The fourth-order valence-electron chi connectivity index (χ4n) is 2.97. The quantitative estimate of drug-likeness (QED) is 0.468. The summed E-state index contributed by atoms with van der Waals surface area (Å²) < 4.78 is 55.9. The van der Waals surface area contributed by atoms with Crippen molar-refractivity contribution >= 4 is 27.5 Å². The molecule has 0 bridgehead atoms. The predicted octanol–water partition coefficient (Wildman–Crippen LogP) is 5.06. The maximum absolute atomic E-state index is 14.4. The largest absolute Gasteiger partial charge is 0.478 e. The zero-order valence-electron chi connectivity index (χ0n) is 14.4. The van der Waals surface area contributed by atoms with E-state index in [1.165, 1.54) is 29.7 Å². The lowest BCUT2D eigenvalue weighted by atomic mass is 10.1. The molecule has 0 aliphatic heterocycles. The molecule has 0 aliphatic rings. The van der Waals surface area contributed by atoms with Gasteiger partial charge in [0.25, 0.3) is 0 Å². The highest BCUT2D eigenvalue weighted by atomic mass is 32.1. The lowest BCUT2D eigenvalue weighted by molar-refractivity contribution is -0.141. The number of rotatable bonds is 4. The Labute approximate surface area is 164 Å². The Morgan fingerprint density at radius 1 is 1.24 bits per heavy atom. The first-order valence-corrected chi connectivity index (χ1v) is 9.11. The highest BCUT2D eigenvalue weighted by Gasteiger charge is 2.37. The highest BCUT2D eigenvalue weighted by molar-refractivity contribution is 7.16. The summed E-state index contributed by atoms with van der Waals surface area (Å²) in [6.07, 6.45) is -2.24. The number of carbonyl (C=O) groups is 1. The number of halogens is 4. The van der Waals surface area contributed by atoms with E-state index in [1.807, 2.05) is 0 Å². The van der Waals surface area contributed by atoms with Crippen LogP contribution in [0.1, 0.15) is 21.6 Å². The van der Waals surface area contributed by atoms with E-state index in [4.69, 9.17) is 5.11 Å². The molecule has 0 fully saturated rings. The van der Waals surface area contributed by atoms with Crippen LogP contribution in [0.5, 0.6) is 0 Å². The van der Waals surface area contributed by atoms with Gasteiger partial charge in [-0.05, 0) is 23.6 Å². The maximum atomic E-state index is 14.4. The van der Waals surface area contributed by atoms with Crippen LogP contribution in [0.2, 0.25) is 0 Å². The second-order valence-electron chi connectivity index (χ2n) is 6.21. The van der Waals surface area contributed by atoms with Crippen molar-refractivity contribution in [3.63, 3.8) is 0 Å². The number of aromatic nitrogens is 3. The number of alkyl halides is 3. The van der Waals surface area contributed by atoms with Crippen LogP contribution in [0.15, 0.2) is 48.1 Å². The Kier molecular flexibility index (Phi) is 4.58. The van der Waals surface area contributed by atoms with Gasteiger partial charge in [0.2, 0.25) is 0 Å².